The second-order valence-corrected chi connectivity index (χ2v) is 6.13. The highest BCUT2D eigenvalue weighted by Crippen LogP contribution is 2.32. The molecule has 0 bridgehead atoms. The second-order valence-electron chi connectivity index (χ2n) is 6.13. The van der Waals surface area contributed by atoms with Crippen molar-refractivity contribution in [2.45, 2.75) is 51.3 Å². The molecule has 2 N–H and O–H groups in total. The number of ether oxygens (including phenoxy) is 3. The Morgan fingerprint density at radius 2 is 2.22 bits per heavy atom. The molecule has 2 unspecified atom stereocenters. The maximum absolute atomic E-state index is 11.9. The van der Waals surface area contributed by atoms with Crippen LogP contribution in [0.15, 0.2) is 18.2 Å². The molecule has 2 aliphatic heterocycles. The predicted molar refractivity (Wildman–Crippen MR) is 85.6 cm³/mol. The van der Waals surface area contributed by atoms with Crippen LogP contribution in [0.2, 0.25) is 0 Å². The number of benzene rings is 1. The Bertz CT molecular complexity index is 543. The van der Waals surface area contributed by atoms with E-state index in [0.29, 0.717) is 12.6 Å². The number of urea groups is 1. The number of amides is 2. The van der Waals surface area contributed by atoms with Gasteiger partial charge >= 0.3 is 6.03 Å². The fourth-order valence-electron chi connectivity index (χ4n) is 2.89. The van der Waals surface area contributed by atoms with Crippen LogP contribution in [0.3, 0.4) is 0 Å². The smallest absolute Gasteiger partial charge is 0.315 e. The highest BCUT2D eigenvalue weighted by atomic mass is 16.7. The monoisotopic (exact) mass is 320 g/mol. The van der Waals surface area contributed by atoms with E-state index in [1.54, 1.807) is 0 Å². The van der Waals surface area contributed by atoms with E-state index in [2.05, 4.69) is 10.6 Å². The lowest BCUT2D eigenvalue weighted by Gasteiger charge is -2.16. The summed E-state index contributed by atoms with van der Waals surface area (Å²) in [6.07, 6.45) is 4.60. The lowest BCUT2D eigenvalue weighted by molar-refractivity contribution is 0.100. The molecule has 23 heavy (non-hydrogen) atoms. The average Bonchev–Trinajstić information content (AvgIpc) is 3.21. The Morgan fingerprint density at radius 1 is 1.35 bits per heavy atom. The van der Waals surface area contributed by atoms with Crippen LogP contribution >= 0.6 is 0 Å². The standard InChI is InChI=1S/C17H24N2O4/c1-12(4-6-14-3-2-8-21-14)19-17(20)18-10-13-5-7-15-16(9-13)23-11-22-15/h5,7,9,12,14H,2-4,6,8,10-11H2,1H3,(H2,18,19,20). The van der Waals surface area contributed by atoms with Crippen LogP contribution in [0.25, 0.3) is 0 Å². The summed E-state index contributed by atoms with van der Waals surface area (Å²) in [4.78, 5) is 11.9. The molecule has 0 radical (unpaired) electrons. The van der Waals surface area contributed by atoms with Gasteiger partial charge in [-0.1, -0.05) is 6.07 Å². The van der Waals surface area contributed by atoms with Crippen molar-refractivity contribution in [1.29, 1.82) is 0 Å². The fourth-order valence-corrected chi connectivity index (χ4v) is 2.89. The first kappa shape index (κ1) is 15.9. The van der Waals surface area contributed by atoms with E-state index < -0.39 is 0 Å². The SMILES string of the molecule is CC(CCC1CCCO1)NC(=O)NCc1ccc2c(c1)OCO2. The number of nitrogens with one attached hydrogen (secondary N) is 2. The average molecular weight is 320 g/mol. The first-order valence-corrected chi connectivity index (χ1v) is 8.25. The number of carbonyl (C=O) groups is 1. The summed E-state index contributed by atoms with van der Waals surface area (Å²) in [6, 6.07) is 5.66. The van der Waals surface area contributed by atoms with Crippen LogP contribution in [0.1, 0.15) is 38.2 Å². The third kappa shape index (κ3) is 4.51. The molecule has 0 saturated carbocycles. The van der Waals surface area contributed by atoms with Gasteiger partial charge in [0, 0.05) is 19.2 Å². The van der Waals surface area contributed by atoms with Gasteiger partial charge in [-0.2, -0.15) is 0 Å². The predicted octanol–water partition coefficient (Wildman–Crippen LogP) is 2.56. The Labute approximate surface area is 136 Å². The van der Waals surface area contributed by atoms with Crippen molar-refractivity contribution < 1.29 is 19.0 Å². The Kier molecular flexibility index (Phi) is 5.23. The van der Waals surface area contributed by atoms with Crippen molar-refractivity contribution in [3.63, 3.8) is 0 Å². The van der Waals surface area contributed by atoms with Gasteiger partial charge in [0.25, 0.3) is 0 Å². The number of carbonyl (C=O) groups excluding carboxylic acids is 1. The van der Waals surface area contributed by atoms with E-state index in [1.165, 1.54) is 0 Å². The summed E-state index contributed by atoms with van der Waals surface area (Å²) >= 11 is 0. The number of hydrogen-bond donors (Lipinski definition) is 2. The topological polar surface area (TPSA) is 68.8 Å². The van der Waals surface area contributed by atoms with Crippen LogP contribution in [0.5, 0.6) is 11.5 Å². The fraction of sp³-hybridized carbons (Fsp3) is 0.588. The minimum Gasteiger partial charge on any atom is -0.454 e. The maximum Gasteiger partial charge on any atom is 0.315 e. The van der Waals surface area contributed by atoms with E-state index in [0.717, 1.165) is 49.4 Å². The highest BCUT2D eigenvalue weighted by Gasteiger charge is 2.17. The van der Waals surface area contributed by atoms with Gasteiger partial charge in [0.15, 0.2) is 11.5 Å². The van der Waals surface area contributed by atoms with E-state index in [1.807, 2.05) is 25.1 Å². The molecule has 0 spiro atoms. The molecule has 1 saturated heterocycles. The molecule has 3 rings (SSSR count). The van der Waals surface area contributed by atoms with Gasteiger partial charge in [-0.05, 0) is 50.3 Å². The summed E-state index contributed by atoms with van der Waals surface area (Å²) in [6.45, 7) is 3.62. The zero-order chi connectivity index (χ0) is 16.1. The number of rotatable bonds is 6. The van der Waals surface area contributed by atoms with Crippen LogP contribution in [-0.2, 0) is 11.3 Å². The molecule has 0 aliphatic carbocycles. The molecule has 2 amide bonds. The summed E-state index contributed by atoms with van der Waals surface area (Å²) in [5, 5.41) is 5.84. The van der Waals surface area contributed by atoms with E-state index in [9.17, 15) is 4.79 Å². The van der Waals surface area contributed by atoms with E-state index in [4.69, 9.17) is 14.2 Å². The van der Waals surface area contributed by atoms with Crippen molar-refractivity contribution >= 4 is 6.03 Å². The molecular weight excluding hydrogens is 296 g/mol. The summed E-state index contributed by atoms with van der Waals surface area (Å²) in [7, 11) is 0. The van der Waals surface area contributed by atoms with Crippen LogP contribution in [-0.4, -0.2) is 31.6 Å². The number of fused-ring (bicyclic) bond motifs is 1. The Morgan fingerprint density at radius 3 is 3.04 bits per heavy atom. The molecule has 126 valence electrons. The highest BCUT2D eigenvalue weighted by molar-refractivity contribution is 5.74. The minimum absolute atomic E-state index is 0.135. The molecule has 2 atom stereocenters. The summed E-state index contributed by atoms with van der Waals surface area (Å²) < 4.78 is 16.2. The van der Waals surface area contributed by atoms with Crippen molar-refractivity contribution in [2.75, 3.05) is 13.4 Å². The molecule has 6 heteroatoms. The lowest BCUT2D eigenvalue weighted by Crippen LogP contribution is -2.40. The first-order valence-electron chi connectivity index (χ1n) is 8.25. The van der Waals surface area contributed by atoms with Gasteiger partial charge in [0.05, 0.1) is 6.10 Å². The lowest BCUT2D eigenvalue weighted by atomic mass is 10.1. The van der Waals surface area contributed by atoms with Gasteiger partial charge in [-0.3, -0.25) is 0 Å². The largest absolute Gasteiger partial charge is 0.454 e. The van der Waals surface area contributed by atoms with Crippen LogP contribution in [0.4, 0.5) is 4.79 Å². The van der Waals surface area contributed by atoms with Crippen molar-refractivity contribution in [1.82, 2.24) is 10.6 Å². The third-order valence-electron chi connectivity index (χ3n) is 4.21. The first-order chi connectivity index (χ1) is 11.2. The maximum atomic E-state index is 11.9. The van der Waals surface area contributed by atoms with Crippen LogP contribution in [0, 0.1) is 0 Å². The zero-order valence-corrected chi connectivity index (χ0v) is 13.5. The zero-order valence-electron chi connectivity index (χ0n) is 13.5. The molecule has 2 heterocycles. The second kappa shape index (κ2) is 7.55. The van der Waals surface area contributed by atoms with Crippen LogP contribution < -0.4 is 20.1 Å². The van der Waals surface area contributed by atoms with Crippen molar-refractivity contribution in [3.05, 3.63) is 23.8 Å². The molecular formula is C17H24N2O4. The van der Waals surface area contributed by atoms with Crippen molar-refractivity contribution in [3.8, 4) is 11.5 Å². The molecule has 2 aliphatic rings. The third-order valence-corrected chi connectivity index (χ3v) is 4.21. The molecule has 6 nitrogen and oxygen atoms in total. The molecule has 1 aromatic rings. The van der Waals surface area contributed by atoms with E-state index in [-0.39, 0.29) is 18.9 Å². The summed E-state index contributed by atoms with van der Waals surface area (Å²) in [5.41, 5.74) is 0.983. The Balaban J connectivity index is 1.37. The minimum atomic E-state index is -0.150. The van der Waals surface area contributed by atoms with Gasteiger partial charge in [0.2, 0.25) is 6.79 Å². The van der Waals surface area contributed by atoms with Gasteiger partial charge in [-0.25, -0.2) is 4.79 Å². The van der Waals surface area contributed by atoms with E-state index >= 15 is 0 Å². The van der Waals surface area contributed by atoms with Gasteiger partial charge in [0.1, 0.15) is 0 Å². The van der Waals surface area contributed by atoms with Crippen molar-refractivity contribution in [2.24, 2.45) is 0 Å². The molecule has 1 fully saturated rings. The molecule has 0 aromatic heterocycles. The Hall–Kier alpha value is -1.95. The number of hydrogen-bond acceptors (Lipinski definition) is 4. The van der Waals surface area contributed by atoms with Gasteiger partial charge in [-0.15, -0.1) is 0 Å². The van der Waals surface area contributed by atoms with Gasteiger partial charge < -0.3 is 24.8 Å². The molecule has 1 aromatic carbocycles. The normalized spacial score (nSPS) is 20.3. The quantitative estimate of drug-likeness (QED) is 0.845. The summed E-state index contributed by atoms with van der Waals surface area (Å²) in [5.74, 6) is 1.48.